The molecule has 1 aromatic heterocycles. The fourth-order valence-corrected chi connectivity index (χ4v) is 2.62. The van der Waals surface area contributed by atoms with Crippen molar-refractivity contribution in [3.63, 3.8) is 0 Å². The summed E-state index contributed by atoms with van der Waals surface area (Å²) in [6.45, 7) is 0. The van der Waals surface area contributed by atoms with Crippen molar-refractivity contribution >= 4 is 38.9 Å². The van der Waals surface area contributed by atoms with Crippen LogP contribution in [0.15, 0.2) is 74.8 Å². The summed E-state index contributed by atoms with van der Waals surface area (Å²) in [5.74, 6) is 0. The minimum absolute atomic E-state index is 0.113. The second-order valence-corrected chi connectivity index (χ2v) is 5.26. The van der Waals surface area contributed by atoms with Crippen LogP contribution in [-0.2, 0) is 0 Å². The maximum Gasteiger partial charge on any atom is 0.323 e. The van der Waals surface area contributed by atoms with Gasteiger partial charge in [-0.15, -0.1) is 15.1 Å². The van der Waals surface area contributed by atoms with E-state index in [-0.39, 0.29) is 11.4 Å². The van der Waals surface area contributed by atoms with Gasteiger partial charge < -0.3 is 9.97 Å². The number of hydrogen-bond acceptors (Lipinski definition) is 5. The fraction of sp³-hybridized carbons (Fsp3) is 0. The Morgan fingerprint density at radius 2 is 1.42 bits per heavy atom. The van der Waals surface area contributed by atoms with Crippen molar-refractivity contribution < 1.29 is 0 Å². The molecule has 0 unspecified atom stereocenters. The van der Waals surface area contributed by atoms with E-state index in [4.69, 9.17) is 0 Å². The molecule has 4 rings (SSSR count). The van der Waals surface area contributed by atoms with E-state index in [1.165, 1.54) is 6.07 Å². The van der Waals surface area contributed by atoms with Crippen molar-refractivity contribution in [1.82, 2.24) is 9.97 Å². The van der Waals surface area contributed by atoms with Crippen LogP contribution in [0.5, 0.6) is 0 Å². The van der Waals surface area contributed by atoms with Crippen LogP contribution in [0.2, 0.25) is 0 Å². The van der Waals surface area contributed by atoms with Crippen LogP contribution >= 0.6 is 0 Å². The Labute approximate surface area is 135 Å². The molecule has 0 radical (unpaired) electrons. The average Bonchev–Trinajstić information content (AvgIpc) is 2.97. The molecule has 2 N–H and O–H groups in total. The van der Waals surface area contributed by atoms with E-state index in [0.29, 0.717) is 22.4 Å². The number of nitroso groups, excluding NO2 is 1. The van der Waals surface area contributed by atoms with Crippen molar-refractivity contribution in [1.29, 1.82) is 0 Å². The number of azo groups is 1. The smallest absolute Gasteiger partial charge is 0.306 e. The number of benzene rings is 3. The van der Waals surface area contributed by atoms with Crippen LogP contribution in [0.25, 0.3) is 21.8 Å². The van der Waals surface area contributed by atoms with Gasteiger partial charge in [-0.1, -0.05) is 36.4 Å². The number of rotatable bonds is 3. The van der Waals surface area contributed by atoms with Crippen LogP contribution in [0, 0.1) is 4.91 Å². The maximum absolute atomic E-state index is 11.4. The lowest BCUT2D eigenvalue weighted by Crippen LogP contribution is -1.99. The fourth-order valence-electron chi connectivity index (χ4n) is 2.62. The Bertz CT molecular complexity index is 1150. The molecule has 0 aliphatic rings. The van der Waals surface area contributed by atoms with E-state index in [9.17, 15) is 9.70 Å². The van der Waals surface area contributed by atoms with Crippen LogP contribution in [0.1, 0.15) is 0 Å². The van der Waals surface area contributed by atoms with Gasteiger partial charge in [-0.25, -0.2) is 4.79 Å². The molecule has 3 aromatic carbocycles. The predicted molar refractivity (Wildman–Crippen MR) is 92.5 cm³/mol. The second kappa shape index (κ2) is 5.54. The van der Waals surface area contributed by atoms with E-state index in [1.807, 2.05) is 42.5 Å². The number of hydrogen-bond donors (Lipinski definition) is 2. The molecule has 0 atom stereocenters. The van der Waals surface area contributed by atoms with Crippen LogP contribution < -0.4 is 5.69 Å². The molecule has 0 saturated heterocycles. The zero-order chi connectivity index (χ0) is 16.5. The SMILES string of the molecule is O=Nc1cc2[nH]c(=O)[nH]c2cc1N=Nc1cccc2ccccc12. The Hall–Kier alpha value is -3.61. The number of imidazole rings is 1. The van der Waals surface area contributed by atoms with E-state index >= 15 is 0 Å². The molecule has 0 bridgehead atoms. The van der Waals surface area contributed by atoms with Crippen LogP contribution in [0.4, 0.5) is 17.1 Å². The molecule has 116 valence electrons. The lowest BCUT2D eigenvalue weighted by molar-refractivity contribution is 1.21. The van der Waals surface area contributed by atoms with Crippen molar-refractivity contribution in [2.75, 3.05) is 0 Å². The van der Waals surface area contributed by atoms with Gasteiger partial charge in [-0.2, -0.15) is 0 Å². The summed E-state index contributed by atoms with van der Waals surface area (Å²) in [7, 11) is 0. The molecule has 0 fully saturated rings. The molecule has 0 aliphatic heterocycles. The summed E-state index contributed by atoms with van der Waals surface area (Å²) in [6.07, 6.45) is 0. The average molecular weight is 317 g/mol. The highest BCUT2D eigenvalue weighted by molar-refractivity contribution is 5.92. The van der Waals surface area contributed by atoms with Gasteiger partial charge in [-0.05, 0) is 28.8 Å². The minimum atomic E-state index is -0.356. The molecular weight excluding hydrogens is 306 g/mol. The highest BCUT2D eigenvalue weighted by Crippen LogP contribution is 2.34. The molecule has 1 heterocycles. The van der Waals surface area contributed by atoms with Crippen molar-refractivity contribution in [3.05, 3.63) is 70.0 Å². The third-order valence-corrected chi connectivity index (χ3v) is 3.74. The first-order valence-corrected chi connectivity index (χ1v) is 7.23. The van der Waals surface area contributed by atoms with E-state index < -0.39 is 0 Å². The summed E-state index contributed by atoms with van der Waals surface area (Å²) >= 11 is 0. The summed E-state index contributed by atoms with van der Waals surface area (Å²) in [5, 5.41) is 13.4. The zero-order valence-electron chi connectivity index (χ0n) is 12.4. The summed E-state index contributed by atoms with van der Waals surface area (Å²) in [6, 6.07) is 16.6. The monoisotopic (exact) mass is 317 g/mol. The van der Waals surface area contributed by atoms with Crippen LogP contribution in [-0.4, -0.2) is 9.97 Å². The number of aromatic nitrogens is 2. The highest BCUT2D eigenvalue weighted by Gasteiger charge is 2.08. The third-order valence-electron chi connectivity index (χ3n) is 3.74. The first-order chi connectivity index (χ1) is 11.7. The summed E-state index contributed by atoms with van der Waals surface area (Å²) < 4.78 is 0. The predicted octanol–water partition coefficient (Wildman–Crippen LogP) is 4.82. The van der Waals surface area contributed by atoms with E-state index in [1.54, 1.807) is 6.07 Å². The Kier molecular flexibility index (Phi) is 3.24. The van der Waals surface area contributed by atoms with Crippen molar-refractivity contribution in [3.8, 4) is 0 Å². The van der Waals surface area contributed by atoms with E-state index in [2.05, 4.69) is 25.4 Å². The third kappa shape index (κ3) is 2.38. The lowest BCUT2D eigenvalue weighted by Gasteiger charge is -2.01. The molecule has 0 aliphatic carbocycles. The van der Waals surface area contributed by atoms with E-state index in [0.717, 1.165) is 10.8 Å². The normalized spacial score (nSPS) is 11.5. The van der Waals surface area contributed by atoms with Gasteiger partial charge in [0.25, 0.3) is 0 Å². The van der Waals surface area contributed by atoms with Gasteiger partial charge in [0.1, 0.15) is 11.4 Å². The molecule has 7 heteroatoms. The van der Waals surface area contributed by atoms with Crippen molar-refractivity contribution in [2.45, 2.75) is 0 Å². The summed E-state index contributed by atoms with van der Waals surface area (Å²) in [4.78, 5) is 27.6. The molecule has 24 heavy (non-hydrogen) atoms. The molecule has 0 amide bonds. The highest BCUT2D eigenvalue weighted by atomic mass is 16.3. The van der Waals surface area contributed by atoms with Gasteiger partial charge in [0.05, 0.1) is 16.7 Å². The topological polar surface area (TPSA) is 103 Å². The van der Waals surface area contributed by atoms with Gasteiger partial charge in [0, 0.05) is 5.39 Å². The number of nitrogens with zero attached hydrogens (tertiary/aromatic N) is 3. The largest absolute Gasteiger partial charge is 0.323 e. The van der Waals surface area contributed by atoms with Gasteiger partial charge in [0.15, 0.2) is 0 Å². The Balaban J connectivity index is 1.84. The zero-order valence-corrected chi connectivity index (χ0v) is 12.4. The molecule has 0 saturated carbocycles. The maximum atomic E-state index is 11.4. The quantitative estimate of drug-likeness (QED) is 0.417. The number of aromatic amines is 2. The first kappa shape index (κ1) is 14.0. The number of fused-ring (bicyclic) bond motifs is 2. The standard InChI is InChI=1S/C17H11N5O2/c23-17-18-13-8-15(16(22-24)9-14(13)19-17)21-20-12-7-3-5-10-4-1-2-6-11(10)12/h1-9H,(H2,18,19,23). The van der Waals surface area contributed by atoms with Crippen LogP contribution in [0.3, 0.4) is 0 Å². The Morgan fingerprint density at radius 1 is 0.750 bits per heavy atom. The summed E-state index contributed by atoms with van der Waals surface area (Å²) in [5.41, 5.74) is 1.78. The second-order valence-electron chi connectivity index (χ2n) is 5.26. The van der Waals surface area contributed by atoms with Gasteiger partial charge in [-0.3, -0.25) is 0 Å². The molecule has 7 nitrogen and oxygen atoms in total. The number of H-pyrrole nitrogens is 2. The van der Waals surface area contributed by atoms with Crippen molar-refractivity contribution in [2.24, 2.45) is 15.4 Å². The minimum Gasteiger partial charge on any atom is -0.306 e. The lowest BCUT2D eigenvalue weighted by atomic mass is 10.1. The number of nitrogens with one attached hydrogen (secondary N) is 2. The van der Waals surface area contributed by atoms with Gasteiger partial charge in [0.2, 0.25) is 0 Å². The Morgan fingerprint density at radius 3 is 2.21 bits per heavy atom. The molecular formula is C17H11N5O2. The first-order valence-electron chi connectivity index (χ1n) is 7.23. The molecule has 0 spiro atoms. The molecule has 4 aromatic rings. The van der Waals surface area contributed by atoms with Gasteiger partial charge >= 0.3 is 5.69 Å².